The largest absolute Gasteiger partial charge is 0.403 e. The lowest BCUT2D eigenvalue weighted by Crippen LogP contribution is -2.44. The molecule has 0 unspecified atom stereocenters. The Morgan fingerprint density at radius 1 is 0.973 bits per heavy atom. The molecule has 186 valence electrons. The maximum Gasteiger partial charge on any atom is 0.317 e. The van der Waals surface area contributed by atoms with E-state index in [1.54, 1.807) is 6.20 Å². The average molecular weight is 495 g/mol. The van der Waals surface area contributed by atoms with Crippen molar-refractivity contribution < 1.29 is 13.9 Å². The van der Waals surface area contributed by atoms with Crippen LogP contribution in [0, 0.1) is 0 Å². The number of ketones is 1. The van der Waals surface area contributed by atoms with Crippen LogP contribution in [-0.2, 0) is 16.0 Å². The summed E-state index contributed by atoms with van der Waals surface area (Å²) in [6, 6.07) is 21.7. The Bertz CT molecular complexity index is 1450. The van der Waals surface area contributed by atoms with Crippen LogP contribution in [0.5, 0.6) is 0 Å². The van der Waals surface area contributed by atoms with Crippen molar-refractivity contribution in [2.24, 2.45) is 4.99 Å². The van der Waals surface area contributed by atoms with E-state index >= 15 is 0 Å². The first-order chi connectivity index (χ1) is 18.2. The minimum absolute atomic E-state index is 0.0812. The summed E-state index contributed by atoms with van der Waals surface area (Å²) < 4.78 is 11.6. The van der Waals surface area contributed by atoms with Crippen molar-refractivity contribution >= 4 is 23.3 Å². The predicted molar refractivity (Wildman–Crippen MR) is 140 cm³/mol. The fourth-order valence-electron chi connectivity index (χ4n) is 4.74. The molecule has 4 aromatic rings. The van der Waals surface area contributed by atoms with E-state index in [-0.39, 0.29) is 24.3 Å². The molecular weight excluding hydrogens is 468 g/mol. The van der Waals surface area contributed by atoms with Crippen LogP contribution in [-0.4, -0.2) is 58.6 Å². The molecule has 0 aliphatic carbocycles. The monoisotopic (exact) mass is 494 g/mol. The minimum Gasteiger partial charge on any atom is -0.403 e. The molecule has 2 aromatic heterocycles. The van der Waals surface area contributed by atoms with Crippen LogP contribution in [0.15, 0.2) is 82.3 Å². The zero-order valence-corrected chi connectivity index (χ0v) is 20.4. The normalized spacial score (nSPS) is 19.6. The molecule has 6 rings (SSSR count). The van der Waals surface area contributed by atoms with Crippen molar-refractivity contribution in [2.75, 3.05) is 30.0 Å². The van der Waals surface area contributed by atoms with E-state index in [0.29, 0.717) is 19.1 Å². The van der Waals surface area contributed by atoms with E-state index in [4.69, 9.17) is 14.1 Å². The summed E-state index contributed by atoms with van der Waals surface area (Å²) in [6.45, 7) is 4.07. The molecule has 37 heavy (non-hydrogen) atoms. The number of rotatable bonds is 5. The number of carbonyl (C=O) groups excluding carboxylic acids is 1. The van der Waals surface area contributed by atoms with E-state index < -0.39 is 6.17 Å². The maximum absolute atomic E-state index is 13.2. The number of aromatic nitrogens is 3. The number of nitrogens with zero attached hydrogens (tertiary/aromatic N) is 5. The number of pyridine rings is 1. The first-order valence-corrected chi connectivity index (χ1v) is 12.3. The van der Waals surface area contributed by atoms with E-state index in [9.17, 15) is 4.79 Å². The zero-order chi connectivity index (χ0) is 25.2. The van der Waals surface area contributed by atoms with Crippen LogP contribution in [0.25, 0.3) is 11.5 Å². The van der Waals surface area contributed by atoms with Gasteiger partial charge in [0.05, 0.1) is 30.5 Å². The number of fused-ring (bicyclic) bond motifs is 1. The number of aliphatic imine (C=N–C) groups is 1. The number of Topliss-reactive ketones (excluding diaryl/α,β-unsaturated/α-hetero) is 1. The topological polar surface area (TPSA) is 106 Å². The molecule has 9 heteroatoms. The lowest BCUT2D eigenvalue weighted by atomic mass is 9.96. The van der Waals surface area contributed by atoms with E-state index in [0.717, 1.165) is 40.3 Å². The molecule has 1 N–H and O–H groups in total. The molecule has 0 radical (unpaired) electrons. The fourth-order valence-corrected chi connectivity index (χ4v) is 4.74. The first-order valence-electron chi connectivity index (χ1n) is 12.3. The Morgan fingerprint density at radius 2 is 1.78 bits per heavy atom. The number of ether oxygens (including phenoxy) is 1. The van der Waals surface area contributed by atoms with Crippen molar-refractivity contribution in [1.29, 1.82) is 0 Å². The molecule has 0 bridgehead atoms. The predicted octanol–water partition coefficient (Wildman–Crippen LogP) is 3.76. The van der Waals surface area contributed by atoms with Gasteiger partial charge in [-0.1, -0.05) is 59.7 Å². The molecular formula is C28H26N6O3. The molecule has 0 saturated carbocycles. The van der Waals surface area contributed by atoms with Gasteiger partial charge in [-0.2, -0.15) is 0 Å². The van der Waals surface area contributed by atoms with Gasteiger partial charge >= 0.3 is 6.01 Å². The second-order valence-electron chi connectivity index (χ2n) is 9.10. The highest BCUT2D eigenvalue weighted by molar-refractivity contribution is 6.16. The lowest BCUT2D eigenvalue weighted by molar-refractivity contribution is -0.119. The summed E-state index contributed by atoms with van der Waals surface area (Å²) in [5, 5.41) is 11.5. The Morgan fingerprint density at radius 3 is 2.65 bits per heavy atom. The Kier molecular flexibility index (Phi) is 6.20. The summed E-state index contributed by atoms with van der Waals surface area (Å²) in [6.07, 6.45) is 1.12. The number of hydrogen-bond donors (Lipinski definition) is 1. The SMILES string of the molecule is C[C@H]1COCCN1c1ncccc1-c1nnc(N[C@H]2N=C(c3ccccc3)c3ccccc3CC2=O)o1. The molecule has 4 heterocycles. The maximum atomic E-state index is 13.2. The number of anilines is 2. The van der Waals surface area contributed by atoms with Crippen LogP contribution in [0.4, 0.5) is 11.8 Å². The van der Waals surface area contributed by atoms with Gasteiger partial charge in [0.1, 0.15) is 5.82 Å². The molecule has 0 spiro atoms. The average Bonchev–Trinajstić information content (AvgIpc) is 3.35. The molecule has 9 nitrogen and oxygen atoms in total. The van der Waals surface area contributed by atoms with E-state index in [1.165, 1.54) is 0 Å². The third kappa shape index (κ3) is 4.61. The highest BCUT2D eigenvalue weighted by Gasteiger charge is 2.28. The summed E-state index contributed by atoms with van der Waals surface area (Å²) in [5.74, 6) is 1.00. The molecule has 2 aromatic carbocycles. The van der Waals surface area contributed by atoms with Gasteiger partial charge in [0, 0.05) is 30.3 Å². The van der Waals surface area contributed by atoms with Crippen molar-refractivity contribution in [3.63, 3.8) is 0 Å². The Labute approximate surface area is 214 Å². The molecule has 2 aliphatic heterocycles. The number of carbonyl (C=O) groups is 1. The second kappa shape index (κ2) is 9.94. The van der Waals surface area contributed by atoms with Gasteiger partial charge in [-0.3, -0.25) is 9.79 Å². The zero-order valence-electron chi connectivity index (χ0n) is 20.4. The number of morpholine rings is 1. The third-order valence-corrected chi connectivity index (χ3v) is 6.59. The van der Waals surface area contributed by atoms with Gasteiger partial charge in [0.15, 0.2) is 11.9 Å². The fraction of sp³-hybridized carbons (Fsp3) is 0.250. The quantitative estimate of drug-likeness (QED) is 0.447. The van der Waals surface area contributed by atoms with Gasteiger partial charge < -0.3 is 19.4 Å². The highest BCUT2D eigenvalue weighted by Crippen LogP contribution is 2.31. The smallest absolute Gasteiger partial charge is 0.317 e. The molecule has 2 atom stereocenters. The van der Waals surface area contributed by atoms with Crippen molar-refractivity contribution in [3.05, 3.63) is 89.6 Å². The van der Waals surface area contributed by atoms with Gasteiger partial charge in [-0.25, -0.2) is 4.98 Å². The summed E-state index contributed by atoms with van der Waals surface area (Å²) in [4.78, 5) is 24.9. The highest BCUT2D eigenvalue weighted by atomic mass is 16.5. The molecule has 1 fully saturated rings. The minimum atomic E-state index is -0.872. The van der Waals surface area contributed by atoms with E-state index in [1.807, 2.05) is 66.7 Å². The second-order valence-corrected chi connectivity index (χ2v) is 9.10. The van der Waals surface area contributed by atoms with Crippen LogP contribution in [0.1, 0.15) is 23.6 Å². The van der Waals surface area contributed by atoms with Crippen molar-refractivity contribution in [2.45, 2.75) is 25.6 Å². The van der Waals surface area contributed by atoms with Crippen molar-refractivity contribution in [3.8, 4) is 11.5 Å². The molecule has 0 amide bonds. The number of nitrogens with one attached hydrogen (secondary N) is 1. The van der Waals surface area contributed by atoms with Crippen LogP contribution in [0.3, 0.4) is 0 Å². The van der Waals surface area contributed by atoms with E-state index in [2.05, 4.69) is 32.3 Å². The summed E-state index contributed by atoms with van der Waals surface area (Å²) in [7, 11) is 0. The van der Waals surface area contributed by atoms with Gasteiger partial charge in [-0.05, 0) is 24.6 Å². The molecule has 2 aliphatic rings. The number of hydrogen-bond acceptors (Lipinski definition) is 9. The first kappa shape index (κ1) is 23.1. The van der Waals surface area contributed by atoms with Gasteiger partial charge in [0.25, 0.3) is 5.89 Å². The van der Waals surface area contributed by atoms with Gasteiger partial charge in [0.2, 0.25) is 0 Å². The number of benzene rings is 2. The van der Waals surface area contributed by atoms with Gasteiger partial charge in [-0.15, -0.1) is 5.10 Å². The summed E-state index contributed by atoms with van der Waals surface area (Å²) in [5.41, 5.74) is 4.28. The molecule has 1 saturated heterocycles. The Hall–Kier alpha value is -4.37. The van der Waals surface area contributed by atoms with Crippen LogP contribution in [0.2, 0.25) is 0 Å². The standard InChI is InChI=1S/C28H26N6O3/c1-18-17-36-15-14-34(18)26-22(12-7-13-29-26)27-32-33-28(37-27)31-25-23(35)16-20-10-5-6-11-21(20)24(30-25)19-8-3-2-4-9-19/h2-13,18,25H,14-17H2,1H3,(H,31,33)/t18-,25+/m0/s1. The third-order valence-electron chi connectivity index (χ3n) is 6.59. The lowest BCUT2D eigenvalue weighted by Gasteiger charge is -2.34. The van der Waals surface area contributed by atoms with Crippen molar-refractivity contribution in [1.82, 2.24) is 15.2 Å². The van der Waals surface area contributed by atoms with Crippen LogP contribution >= 0.6 is 0 Å². The summed E-state index contributed by atoms with van der Waals surface area (Å²) >= 11 is 0. The van der Waals surface area contributed by atoms with Crippen LogP contribution < -0.4 is 10.2 Å². The Balaban J connectivity index is 1.32.